The summed E-state index contributed by atoms with van der Waals surface area (Å²) in [7, 11) is 1.68. The Kier molecular flexibility index (Phi) is 5.17. The predicted octanol–water partition coefficient (Wildman–Crippen LogP) is 2.23. The molecule has 4 saturated carbocycles. The van der Waals surface area contributed by atoms with Gasteiger partial charge in [0.25, 0.3) is 0 Å². The van der Waals surface area contributed by atoms with E-state index in [0.29, 0.717) is 43.5 Å². The maximum Gasteiger partial charge on any atom is 0.223 e. The number of hydrogen-bond donors (Lipinski definition) is 1. The van der Waals surface area contributed by atoms with E-state index in [1.807, 2.05) is 0 Å². The van der Waals surface area contributed by atoms with Gasteiger partial charge in [-0.05, 0) is 62.2 Å². The molecule has 4 bridgehead atoms. The Hall–Kier alpha value is -0.610. The fourth-order valence-electron chi connectivity index (χ4n) is 5.10. The third-order valence-corrected chi connectivity index (χ3v) is 5.73. The number of carbonyl (C=O) groups is 1. The molecule has 4 rings (SSSR count). The molecule has 0 saturated heterocycles. The summed E-state index contributed by atoms with van der Waals surface area (Å²) >= 11 is 0. The van der Waals surface area contributed by atoms with Gasteiger partial charge in [-0.25, -0.2) is 0 Å². The summed E-state index contributed by atoms with van der Waals surface area (Å²) in [5.74, 6) is 3.86. The molecule has 4 aliphatic carbocycles. The number of amides is 1. The molecular formula is C17H29NO3. The van der Waals surface area contributed by atoms with Crippen molar-refractivity contribution in [3.05, 3.63) is 0 Å². The molecule has 0 aromatic carbocycles. The van der Waals surface area contributed by atoms with Crippen LogP contribution in [-0.2, 0) is 14.3 Å². The molecule has 4 heteroatoms. The molecule has 1 amide bonds. The van der Waals surface area contributed by atoms with Gasteiger partial charge in [0.2, 0.25) is 5.91 Å². The van der Waals surface area contributed by atoms with Gasteiger partial charge in [0.15, 0.2) is 0 Å². The first-order chi connectivity index (χ1) is 10.3. The maximum atomic E-state index is 12.5. The van der Waals surface area contributed by atoms with E-state index in [4.69, 9.17) is 9.47 Å². The largest absolute Gasteiger partial charge is 0.382 e. The van der Waals surface area contributed by atoms with Crippen LogP contribution in [0.15, 0.2) is 0 Å². The highest BCUT2D eigenvalue weighted by Crippen LogP contribution is 2.56. The quantitative estimate of drug-likeness (QED) is 0.699. The summed E-state index contributed by atoms with van der Waals surface area (Å²) in [6.45, 7) is 2.72. The van der Waals surface area contributed by atoms with Gasteiger partial charge < -0.3 is 14.8 Å². The molecule has 21 heavy (non-hydrogen) atoms. The minimum Gasteiger partial charge on any atom is -0.382 e. The Labute approximate surface area is 127 Å². The van der Waals surface area contributed by atoms with Gasteiger partial charge >= 0.3 is 0 Å². The SMILES string of the molecule is COCCOCCCNC(=O)C1C2CC3CC(C2)CC1C3. The highest BCUT2D eigenvalue weighted by Gasteiger charge is 2.50. The van der Waals surface area contributed by atoms with Gasteiger partial charge in [0.05, 0.1) is 13.2 Å². The van der Waals surface area contributed by atoms with Crippen LogP contribution in [0.25, 0.3) is 0 Å². The predicted molar refractivity (Wildman–Crippen MR) is 80.9 cm³/mol. The molecular weight excluding hydrogens is 266 g/mol. The van der Waals surface area contributed by atoms with E-state index < -0.39 is 0 Å². The van der Waals surface area contributed by atoms with Crippen molar-refractivity contribution in [2.75, 3.05) is 33.5 Å². The lowest BCUT2D eigenvalue weighted by molar-refractivity contribution is -0.138. The Morgan fingerprint density at radius 2 is 1.67 bits per heavy atom. The summed E-state index contributed by atoms with van der Waals surface area (Å²) in [6, 6.07) is 0. The van der Waals surface area contributed by atoms with Gasteiger partial charge in [-0.2, -0.15) is 0 Å². The van der Waals surface area contributed by atoms with E-state index in [2.05, 4.69) is 5.32 Å². The molecule has 0 unspecified atom stereocenters. The second-order valence-electron chi connectivity index (χ2n) is 7.21. The number of rotatable bonds is 8. The number of ether oxygens (including phenoxy) is 2. The van der Waals surface area contributed by atoms with Crippen LogP contribution >= 0.6 is 0 Å². The molecule has 0 heterocycles. The number of carbonyl (C=O) groups excluding carboxylic acids is 1. The number of hydrogen-bond acceptors (Lipinski definition) is 3. The van der Waals surface area contributed by atoms with Gasteiger partial charge in [0.1, 0.15) is 0 Å². The fourth-order valence-corrected chi connectivity index (χ4v) is 5.10. The molecule has 0 spiro atoms. The molecule has 4 nitrogen and oxygen atoms in total. The third kappa shape index (κ3) is 3.59. The van der Waals surface area contributed by atoms with E-state index in [9.17, 15) is 4.79 Å². The molecule has 1 N–H and O–H groups in total. The van der Waals surface area contributed by atoms with E-state index in [-0.39, 0.29) is 0 Å². The van der Waals surface area contributed by atoms with Crippen molar-refractivity contribution in [1.29, 1.82) is 0 Å². The molecule has 0 aromatic rings. The Balaban J connectivity index is 1.36. The monoisotopic (exact) mass is 295 g/mol. The van der Waals surface area contributed by atoms with Crippen molar-refractivity contribution in [1.82, 2.24) is 5.32 Å². The molecule has 0 atom stereocenters. The Bertz CT molecular complexity index is 330. The second kappa shape index (κ2) is 7.10. The molecule has 4 fully saturated rings. The van der Waals surface area contributed by atoms with Crippen LogP contribution in [0.2, 0.25) is 0 Å². The second-order valence-corrected chi connectivity index (χ2v) is 7.21. The summed E-state index contributed by atoms with van der Waals surface area (Å²) < 4.78 is 10.3. The first-order valence-corrected chi connectivity index (χ1v) is 8.62. The minimum absolute atomic E-state index is 0.312. The smallest absolute Gasteiger partial charge is 0.223 e. The Morgan fingerprint density at radius 3 is 2.29 bits per heavy atom. The van der Waals surface area contributed by atoms with Crippen molar-refractivity contribution in [3.63, 3.8) is 0 Å². The van der Waals surface area contributed by atoms with E-state index >= 15 is 0 Å². The van der Waals surface area contributed by atoms with Crippen LogP contribution in [0.1, 0.15) is 38.5 Å². The highest BCUT2D eigenvalue weighted by molar-refractivity contribution is 5.79. The average Bonchev–Trinajstić information content (AvgIpc) is 2.45. The van der Waals surface area contributed by atoms with Crippen LogP contribution in [0.4, 0.5) is 0 Å². The van der Waals surface area contributed by atoms with Crippen LogP contribution in [0, 0.1) is 29.6 Å². The summed E-state index contributed by atoms with van der Waals surface area (Å²) in [4.78, 5) is 12.5. The Morgan fingerprint density at radius 1 is 1.00 bits per heavy atom. The van der Waals surface area contributed by atoms with Crippen molar-refractivity contribution in [3.8, 4) is 0 Å². The van der Waals surface area contributed by atoms with Crippen molar-refractivity contribution >= 4 is 5.91 Å². The minimum atomic E-state index is 0.312. The lowest BCUT2D eigenvalue weighted by atomic mass is 9.51. The summed E-state index contributed by atoms with van der Waals surface area (Å²) in [5, 5.41) is 3.15. The zero-order chi connectivity index (χ0) is 14.7. The molecule has 120 valence electrons. The topological polar surface area (TPSA) is 47.6 Å². The normalized spacial score (nSPS) is 36.9. The highest BCUT2D eigenvalue weighted by atomic mass is 16.5. The average molecular weight is 295 g/mol. The first kappa shape index (κ1) is 15.3. The summed E-state index contributed by atoms with van der Waals surface area (Å²) in [6.07, 6.45) is 7.58. The zero-order valence-corrected chi connectivity index (χ0v) is 13.2. The van der Waals surface area contributed by atoms with Crippen LogP contribution in [0.3, 0.4) is 0 Å². The number of methoxy groups -OCH3 is 1. The third-order valence-electron chi connectivity index (χ3n) is 5.73. The van der Waals surface area contributed by atoms with Crippen molar-refractivity contribution in [2.45, 2.75) is 38.5 Å². The molecule has 0 aromatic heterocycles. The van der Waals surface area contributed by atoms with Crippen LogP contribution in [0.5, 0.6) is 0 Å². The zero-order valence-electron chi connectivity index (χ0n) is 13.2. The van der Waals surface area contributed by atoms with Crippen LogP contribution in [-0.4, -0.2) is 39.4 Å². The van der Waals surface area contributed by atoms with Gasteiger partial charge in [-0.15, -0.1) is 0 Å². The van der Waals surface area contributed by atoms with E-state index in [0.717, 1.165) is 24.8 Å². The molecule has 0 aliphatic heterocycles. The lowest BCUT2D eigenvalue weighted by Gasteiger charge is -2.53. The lowest BCUT2D eigenvalue weighted by Crippen LogP contribution is -2.51. The summed E-state index contributed by atoms with van der Waals surface area (Å²) in [5.41, 5.74) is 0. The van der Waals surface area contributed by atoms with Crippen molar-refractivity contribution < 1.29 is 14.3 Å². The van der Waals surface area contributed by atoms with Crippen molar-refractivity contribution in [2.24, 2.45) is 29.6 Å². The number of nitrogens with one attached hydrogen (secondary N) is 1. The van der Waals surface area contributed by atoms with E-state index in [1.165, 1.54) is 32.1 Å². The van der Waals surface area contributed by atoms with Gasteiger partial charge in [-0.3, -0.25) is 4.79 Å². The van der Waals surface area contributed by atoms with Gasteiger partial charge in [0, 0.05) is 26.2 Å². The fraction of sp³-hybridized carbons (Fsp3) is 0.941. The first-order valence-electron chi connectivity index (χ1n) is 8.62. The van der Waals surface area contributed by atoms with Gasteiger partial charge in [-0.1, -0.05) is 0 Å². The van der Waals surface area contributed by atoms with E-state index in [1.54, 1.807) is 7.11 Å². The molecule has 0 radical (unpaired) electrons. The molecule has 4 aliphatic rings. The standard InChI is InChI=1S/C17H29NO3/c1-20-5-6-21-4-2-3-18-17(19)16-14-8-12-7-13(10-14)11-15(16)9-12/h12-16H,2-11H2,1H3,(H,18,19). The maximum absolute atomic E-state index is 12.5. The van der Waals surface area contributed by atoms with Crippen LogP contribution < -0.4 is 5.32 Å².